The summed E-state index contributed by atoms with van der Waals surface area (Å²) in [6, 6.07) is 112. The van der Waals surface area contributed by atoms with Gasteiger partial charge in [-0.25, -0.2) is 0 Å². The second-order valence-electron chi connectivity index (χ2n) is 43.3. The van der Waals surface area contributed by atoms with Gasteiger partial charge in [-0.2, -0.15) is 0 Å². The summed E-state index contributed by atoms with van der Waals surface area (Å²) in [6.45, 7) is 56.0. The summed E-state index contributed by atoms with van der Waals surface area (Å²) in [4.78, 5) is 5.41. The molecule has 16 aromatic rings. The number of nitrogens with zero attached hydrogens (tertiary/aromatic N) is 4. The lowest BCUT2D eigenvalue weighted by atomic mass is 9.33. The van der Waals surface area contributed by atoms with Gasteiger partial charge in [-0.1, -0.05) is 360 Å². The SMILES string of the molecule is CC(C)(C)c1ccc(-c2cc(-c3ccc(C(C)(C)C)cc3)cc(N3c4cc(-c5cc(C(C)(C)C)cc(C(C)(C)C)c5)ccc4B4c5ccc(-c6cc(C(C)(C)C)cc(C(C)(C)C)c6)cc5N(c5cccc6c7cccc(-n8c9ccc(C(C)(C)C)cc9c9cc(C(C)(C)C)ccc98)c7n(-c7ccccc7)c56)c5cc(-c6ccccc6)cc3c54)c2)cc1. The molecule has 2 aliphatic rings. The van der Waals surface area contributed by atoms with Crippen molar-refractivity contribution in [2.45, 2.75) is 209 Å². The fourth-order valence-electron chi connectivity index (χ4n) is 18.9. The molecular weight excluding hydrogens is 1460 g/mol. The van der Waals surface area contributed by atoms with Crippen LogP contribution in [0.4, 0.5) is 34.1 Å². The molecule has 0 atom stereocenters. The maximum Gasteiger partial charge on any atom is 0.252 e. The largest absolute Gasteiger partial charge is 0.311 e. The first-order valence-corrected chi connectivity index (χ1v) is 44.1. The van der Waals surface area contributed by atoms with Crippen LogP contribution in [0.2, 0.25) is 0 Å². The zero-order valence-electron chi connectivity index (χ0n) is 76.0. The number of rotatable bonds is 9. The van der Waals surface area contributed by atoms with Crippen molar-refractivity contribution in [2.75, 3.05) is 9.80 Å². The Hall–Kier alpha value is -11.7. The molecule has 0 amide bonds. The number of hydrogen-bond donors (Lipinski definition) is 0. The van der Waals surface area contributed by atoms with Crippen LogP contribution in [0, 0.1) is 0 Å². The zero-order valence-corrected chi connectivity index (χ0v) is 76.0. The van der Waals surface area contributed by atoms with Crippen LogP contribution >= 0.6 is 0 Å². The van der Waals surface area contributed by atoms with E-state index in [4.69, 9.17) is 0 Å². The van der Waals surface area contributed by atoms with Gasteiger partial charge in [-0.05, 0) is 251 Å². The molecule has 606 valence electrons. The Morgan fingerprint density at radius 2 is 0.529 bits per heavy atom. The summed E-state index contributed by atoms with van der Waals surface area (Å²) >= 11 is 0. The molecule has 0 unspecified atom stereocenters. The molecular formula is C116H119BN4. The predicted octanol–water partition coefficient (Wildman–Crippen LogP) is 30.7. The quantitative estimate of drug-likeness (QED) is 0.134. The number of fused-ring (bicyclic) bond motifs is 10. The minimum atomic E-state index is -0.233. The number of benzene rings is 14. The van der Waals surface area contributed by atoms with E-state index < -0.39 is 0 Å². The van der Waals surface area contributed by atoms with Crippen LogP contribution in [-0.4, -0.2) is 15.8 Å². The van der Waals surface area contributed by atoms with E-state index in [1.807, 2.05) is 0 Å². The van der Waals surface area contributed by atoms with E-state index in [1.54, 1.807) is 0 Å². The Morgan fingerprint density at radius 3 is 0.950 bits per heavy atom. The van der Waals surface area contributed by atoms with Crippen molar-refractivity contribution < 1.29 is 0 Å². The minimum Gasteiger partial charge on any atom is -0.311 e. The van der Waals surface area contributed by atoms with Crippen LogP contribution in [0.25, 0.3) is 111 Å². The molecule has 5 heteroatoms. The third-order valence-electron chi connectivity index (χ3n) is 26.3. The van der Waals surface area contributed by atoms with E-state index in [0.29, 0.717) is 0 Å². The maximum atomic E-state index is 2.72. The molecule has 0 saturated carbocycles. The van der Waals surface area contributed by atoms with Crippen LogP contribution < -0.4 is 26.2 Å². The van der Waals surface area contributed by atoms with Crippen molar-refractivity contribution in [3.05, 3.63) is 330 Å². The lowest BCUT2D eigenvalue weighted by Crippen LogP contribution is -2.61. The summed E-state index contributed by atoms with van der Waals surface area (Å²) < 4.78 is 5.21. The topological polar surface area (TPSA) is 16.3 Å². The van der Waals surface area contributed by atoms with Gasteiger partial charge in [0.25, 0.3) is 6.71 Å². The molecule has 0 saturated heterocycles. The number of aromatic nitrogens is 2. The number of para-hydroxylation sites is 3. The Labute approximate surface area is 721 Å². The summed E-state index contributed by atoms with van der Waals surface area (Å²) in [5, 5.41) is 4.88. The average Bonchev–Trinajstić information content (AvgIpc) is 1.64. The zero-order chi connectivity index (χ0) is 85.5. The highest BCUT2D eigenvalue weighted by atomic mass is 15.2. The van der Waals surface area contributed by atoms with Gasteiger partial charge in [0.1, 0.15) is 0 Å². The van der Waals surface area contributed by atoms with E-state index in [1.165, 1.54) is 127 Å². The van der Waals surface area contributed by atoms with Crippen molar-refractivity contribution in [3.63, 3.8) is 0 Å². The monoisotopic (exact) mass is 1580 g/mol. The van der Waals surface area contributed by atoms with Crippen LogP contribution in [0.15, 0.2) is 285 Å². The van der Waals surface area contributed by atoms with Crippen LogP contribution in [-0.2, 0) is 43.3 Å². The number of anilines is 6. The van der Waals surface area contributed by atoms with Crippen molar-refractivity contribution in [1.29, 1.82) is 0 Å². The van der Waals surface area contributed by atoms with Gasteiger partial charge < -0.3 is 18.9 Å². The highest BCUT2D eigenvalue weighted by molar-refractivity contribution is 7.00. The molecule has 2 aromatic heterocycles. The normalized spacial score (nSPS) is 13.6. The van der Waals surface area contributed by atoms with Gasteiger partial charge in [-0.15, -0.1) is 0 Å². The predicted molar refractivity (Wildman–Crippen MR) is 526 cm³/mol. The first-order chi connectivity index (χ1) is 57.0. The highest BCUT2D eigenvalue weighted by Gasteiger charge is 2.45. The maximum absolute atomic E-state index is 2.72. The Bertz CT molecular complexity index is 6590. The van der Waals surface area contributed by atoms with E-state index in [2.05, 4.69) is 470 Å². The van der Waals surface area contributed by atoms with Gasteiger partial charge in [0.15, 0.2) is 0 Å². The average molecular weight is 1580 g/mol. The molecule has 0 N–H and O–H groups in total. The molecule has 2 aliphatic heterocycles. The van der Waals surface area contributed by atoms with Gasteiger partial charge in [-0.3, -0.25) is 0 Å². The molecule has 0 bridgehead atoms. The summed E-state index contributed by atoms with van der Waals surface area (Å²) in [5.74, 6) is 0. The van der Waals surface area contributed by atoms with Crippen molar-refractivity contribution >= 4 is 101 Å². The van der Waals surface area contributed by atoms with Gasteiger partial charge in [0, 0.05) is 55.7 Å². The fourth-order valence-corrected chi connectivity index (χ4v) is 18.9. The van der Waals surface area contributed by atoms with Crippen LogP contribution in [0.3, 0.4) is 0 Å². The second kappa shape index (κ2) is 28.5. The third-order valence-corrected chi connectivity index (χ3v) is 26.3. The Kier molecular flexibility index (Phi) is 18.9. The minimum absolute atomic E-state index is 0.0236. The lowest BCUT2D eigenvalue weighted by molar-refractivity contribution is 0.568. The molecule has 14 aromatic carbocycles. The van der Waals surface area contributed by atoms with E-state index >= 15 is 0 Å². The van der Waals surface area contributed by atoms with Crippen LogP contribution in [0.5, 0.6) is 0 Å². The third kappa shape index (κ3) is 14.3. The van der Waals surface area contributed by atoms with E-state index in [9.17, 15) is 0 Å². The highest BCUT2D eigenvalue weighted by Crippen LogP contribution is 2.53. The molecule has 121 heavy (non-hydrogen) atoms. The smallest absolute Gasteiger partial charge is 0.252 e. The standard InChI is InChI=1S/C116H119BN4/c1-109(2,3)82-47-41-73(42-48-82)77-57-78(74-43-49-83(50-44-74)110(4,5)6)63-91(62-77)118-102-64-75(79-58-86(113(13,14)15)68-87(59-79)114(16,17)18)45-53-96(102)117-97-54-46-76(80-60-88(115(19,20)21)69-89(61-80)116(22,23)24)65-103(97)121(105-67-81(66-104(118)106(105)117)72-33-27-25-28-34-72)101-40-32-38-93-92-37-31-39-100(107(92)119(108(93)101)90-35-29-26-30-36-90)120-98-55-51-84(111(7,8)9)70-94(98)95-71-85(112(10,11)12)52-56-99(95)120/h25-71H,1-24H3. The molecule has 0 aliphatic carbocycles. The lowest BCUT2D eigenvalue weighted by Gasteiger charge is -2.45. The molecule has 0 spiro atoms. The molecule has 4 nitrogen and oxygen atoms in total. The van der Waals surface area contributed by atoms with E-state index in [0.717, 1.165) is 78.8 Å². The first kappa shape index (κ1) is 80.4. The summed E-state index contributed by atoms with van der Waals surface area (Å²) in [7, 11) is 0. The molecule has 0 fully saturated rings. The molecule has 18 rings (SSSR count). The molecule has 0 radical (unpaired) electrons. The summed E-state index contributed by atoms with van der Waals surface area (Å²) in [5.41, 5.74) is 39.0. The molecule has 4 heterocycles. The van der Waals surface area contributed by atoms with Crippen molar-refractivity contribution in [3.8, 4) is 67.0 Å². The second-order valence-corrected chi connectivity index (χ2v) is 43.3. The number of hydrogen-bond acceptors (Lipinski definition) is 2. The Balaban J connectivity index is 0.994. The summed E-state index contributed by atoms with van der Waals surface area (Å²) in [6.07, 6.45) is 0. The van der Waals surface area contributed by atoms with Crippen molar-refractivity contribution in [2.24, 2.45) is 0 Å². The fraction of sp³-hybridized carbons (Fsp3) is 0.276. The first-order valence-electron chi connectivity index (χ1n) is 44.1. The van der Waals surface area contributed by atoms with Crippen LogP contribution in [0.1, 0.15) is 211 Å². The van der Waals surface area contributed by atoms with E-state index in [-0.39, 0.29) is 50.0 Å². The van der Waals surface area contributed by atoms with Gasteiger partial charge in [0.2, 0.25) is 0 Å². The Morgan fingerprint density at radius 1 is 0.190 bits per heavy atom. The van der Waals surface area contributed by atoms with Crippen molar-refractivity contribution in [1.82, 2.24) is 9.13 Å². The van der Waals surface area contributed by atoms with Gasteiger partial charge in [0.05, 0.1) is 33.4 Å². The van der Waals surface area contributed by atoms with Gasteiger partial charge >= 0.3 is 0 Å².